The maximum absolute atomic E-state index is 12.4. The number of carbonyl (C=O) groups excluding carboxylic acids is 2. The zero-order valence-electron chi connectivity index (χ0n) is 15.0. The van der Waals surface area contributed by atoms with Gasteiger partial charge < -0.3 is 14.8 Å². The van der Waals surface area contributed by atoms with Gasteiger partial charge >= 0.3 is 5.97 Å². The minimum absolute atomic E-state index is 0.360. The summed E-state index contributed by atoms with van der Waals surface area (Å²) in [7, 11) is 1.58. The minimum Gasteiger partial charge on any atom is -0.497 e. The summed E-state index contributed by atoms with van der Waals surface area (Å²) in [6.45, 7) is 1.58. The third-order valence-corrected chi connectivity index (χ3v) is 5.68. The third-order valence-electron chi connectivity index (χ3n) is 4.46. The Labute approximate surface area is 157 Å². The number of rotatable bonds is 5. The Hall–Kier alpha value is -2.34. The summed E-state index contributed by atoms with van der Waals surface area (Å²) in [5.41, 5.74) is 1.89. The molecule has 0 saturated heterocycles. The number of ether oxygens (including phenoxy) is 2. The quantitative estimate of drug-likeness (QED) is 0.630. The molecular formula is C20H23NO4S. The first kappa shape index (κ1) is 18.5. The van der Waals surface area contributed by atoms with Crippen LogP contribution in [0.1, 0.15) is 46.3 Å². The first-order valence-electron chi connectivity index (χ1n) is 8.84. The average Bonchev–Trinajstić information content (AvgIpc) is 2.93. The van der Waals surface area contributed by atoms with Gasteiger partial charge in [0.15, 0.2) is 6.10 Å². The maximum Gasteiger partial charge on any atom is 0.349 e. The Bertz CT molecular complexity index is 758. The summed E-state index contributed by atoms with van der Waals surface area (Å²) in [6.07, 6.45) is 4.75. The van der Waals surface area contributed by atoms with E-state index in [1.165, 1.54) is 41.0 Å². The van der Waals surface area contributed by atoms with Gasteiger partial charge in [0.1, 0.15) is 10.6 Å². The Morgan fingerprint density at radius 1 is 1.12 bits per heavy atom. The molecular weight excluding hydrogens is 350 g/mol. The molecule has 1 aliphatic carbocycles. The van der Waals surface area contributed by atoms with Crippen molar-refractivity contribution in [3.05, 3.63) is 45.6 Å². The molecule has 138 valence electrons. The second-order valence-electron chi connectivity index (χ2n) is 6.39. The molecule has 2 aromatic rings. The number of hydrogen-bond donors (Lipinski definition) is 1. The Kier molecular flexibility index (Phi) is 5.93. The molecule has 0 spiro atoms. The lowest BCUT2D eigenvalue weighted by molar-refractivity contribution is -0.123. The maximum atomic E-state index is 12.4. The number of amides is 1. The third kappa shape index (κ3) is 4.43. The van der Waals surface area contributed by atoms with E-state index in [0.29, 0.717) is 16.3 Å². The summed E-state index contributed by atoms with van der Waals surface area (Å²) >= 11 is 1.50. The molecule has 1 N–H and O–H groups in total. The number of thiophene rings is 1. The van der Waals surface area contributed by atoms with Crippen LogP contribution in [0.3, 0.4) is 0 Å². The van der Waals surface area contributed by atoms with E-state index >= 15 is 0 Å². The molecule has 1 atom stereocenters. The SMILES string of the molecule is COc1ccc(NC(=O)[C@@H](C)OC(=O)c2cc3c(s2)CCCCC3)cc1. The molecule has 0 unspecified atom stereocenters. The van der Waals surface area contributed by atoms with E-state index in [4.69, 9.17) is 9.47 Å². The number of fused-ring (bicyclic) bond motifs is 1. The van der Waals surface area contributed by atoms with Crippen LogP contribution in [0.25, 0.3) is 0 Å². The van der Waals surface area contributed by atoms with Crippen LogP contribution in [-0.4, -0.2) is 25.1 Å². The van der Waals surface area contributed by atoms with Crippen molar-refractivity contribution in [2.45, 2.75) is 45.1 Å². The topological polar surface area (TPSA) is 64.6 Å². The fourth-order valence-electron chi connectivity index (χ4n) is 2.96. The second kappa shape index (κ2) is 8.36. The van der Waals surface area contributed by atoms with Gasteiger partial charge in [0.25, 0.3) is 5.91 Å². The van der Waals surface area contributed by atoms with Crippen LogP contribution in [0.5, 0.6) is 5.75 Å². The van der Waals surface area contributed by atoms with Gasteiger partial charge in [-0.05, 0) is 68.5 Å². The Morgan fingerprint density at radius 3 is 2.58 bits per heavy atom. The molecule has 1 aromatic carbocycles. The molecule has 5 nitrogen and oxygen atoms in total. The van der Waals surface area contributed by atoms with Gasteiger partial charge in [-0.25, -0.2) is 4.79 Å². The number of nitrogens with one attached hydrogen (secondary N) is 1. The van der Waals surface area contributed by atoms with Crippen LogP contribution in [0.4, 0.5) is 5.69 Å². The fraction of sp³-hybridized carbons (Fsp3) is 0.400. The summed E-state index contributed by atoms with van der Waals surface area (Å²) in [6, 6.07) is 8.92. The number of aryl methyl sites for hydroxylation is 2. The molecule has 1 heterocycles. The fourth-order valence-corrected chi connectivity index (χ4v) is 4.09. The highest BCUT2D eigenvalue weighted by atomic mass is 32.1. The highest BCUT2D eigenvalue weighted by Crippen LogP contribution is 2.29. The number of hydrogen-bond acceptors (Lipinski definition) is 5. The Morgan fingerprint density at radius 2 is 1.85 bits per heavy atom. The lowest BCUT2D eigenvalue weighted by Gasteiger charge is -2.13. The predicted octanol–water partition coefficient (Wildman–Crippen LogP) is 4.21. The smallest absolute Gasteiger partial charge is 0.349 e. The van der Waals surface area contributed by atoms with Crippen LogP contribution < -0.4 is 10.1 Å². The van der Waals surface area contributed by atoms with E-state index < -0.39 is 12.1 Å². The number of benzene rings is 1. The summed E-state index contributed by atoms with van der Waals surface area (Å²) in [4.78, 5) is 26.5. The lowest BCUT2D eigenvalue weighted by atomic mass is 10.1. The van der Waals surface area contributed by atoms with Crippen molar-refractivity contribution >= 4 is 28.9 Å². The van der Waals surface area contributed by atoms with Crippen molar-refractivity contribution < 1.29 is 19.1 Å². The van der Waals surface area contributed by atoms with E-state index in [9.17, 15) is 9.59 Å². The van der Waals surface area contributed by atoms with Gasteiger partial charge in [-0.15, -0.1) is 11.3 Å². The molecule has 1 amide bonds. The zero-order valence-corrected chi connectivity index (χ0v) is 15.9. The standard InChI is InChI=1S/C20H23NO4S/c1-13(19(22)21-15-8-10-16(24-2)11-9-15)25-20(23)18-12-14-6-4-3-5-7-17(14)26-18/h8-13H,3-7H2,1-2H3,(H,21,22)/t13-/m1/s1. The largest absolute Gasteiger partial charge is 0.497 e. The average molecular weight is 373 g/mol. The van der Waals surface area contributed by atoms with E-state index in [1.54, 1.807) is 38.3 Å². The number of methoxy groups -OCH3 is 1. The van der Waals surface area contributed by atoms with Crippen LogP contribution in [0.2, 0.25) is 0 Å². The first-order chi connectivity index (χ1) is 12.6. The first-order valence-corrected chi connectivity index (χ1v) is 9.66. The van der Waals surface area contributed by atoms with Crippen molar-refractivity contribution in [2.75, 3.05) is 12.4 Å². The van der Waals surface area contributed by atoms with Crippen molar-refractivity contribution in [3.63, 3.8) is 0 Å². The van der Waals surface area contributed by atoms with Crippen molar-refractivity contribution in [2.24, 2.45) is 0 Å². The van der Waals surface area contributed by atoms with Gasteiger partial charge in [0.05, 0.1) is 7.11 Å². The van der Waals surface area contributed by atoms with Gasteiger partial charge in [-0.3, -0.25) is 4.79 Å². The van der Waals surface area contributed by atoms with E-state index in [-0.39, 0.29) is 5.91 Å². The molecule has 3 rings (SSSR count). The molecule has 1 aromatic heterocycles. The van der Waals surface area contributed by atoms with Crippen LogP contribution in [-0.2, 0) is 22.4 Å². The highest BCUT2D eigenvalue weighted by molar-refractivity contribution is 7.14. The van der Waals surface area contributed by atoms with Gasteiger partial charge in [-0.1, -0.05) is 6.42 Å². The summed E-state index contributed by atoms with van der Waals surface area (Å²) < 4.78 is 10.4. The van der Waals surface area contributed by atoms with Gasteiger partial charge in [-0.2, -0.15) is 0 Å². The second-order valence-corrected chi connectivity index (χ2v) is 7.52. The molecule has 0 bridgehead atoms. The molecule has 26 heavy (non-hydrogen) atoms. The van der Waals surface area contributed by atoms with Crippen LogP contribution in [0, 0.1) is 0 Å². The van der Waals surface area contributed by atoms with Crippen molar-refractivity contribution in [1.82, 2.24) is 0 Å². The highest BCUT2D eigenvalue weighted by Gasteiger charge is 2.22. The van der Waals surface area contributed by atoms with Crippen LogP contribution >= 0.6 is 11.3 Å². The molecule has 0 radical (unpaired) electrons. The molecule has 6 heteroatoms. The van der Waals surface area contributed by atoms with Crippen molar-refractivity contribution in [3.8, 4) is 5.75 Å². The number of esters is 1. The molecule has 1 aliphatic rings. The Balaban J connectivity index is 1.58. The lowest BCUT2D eigenvalue weighted by Crippen LogP contribution is -2.29. The minimum atomic E-state index is -0.869. The van der Waals surface area contributed by atoms with Gasteiger partial charge in [0.2, 0.25) is 0 Å². The molecule has 0 aliphatic heterocycles. The molecule has 0 saturated carbocycles. The van der Waals surface area contributed by atoms with E-state index in [2.05, 4.69) is 5.32 Å². The predicted molar refractivity (Wildman–Crippen MR) is 102 cm³/mol. The zero-order chi connectivity index (χ0) is 18.5. The number of anilines is 1. The monoisotopic (exact) mass is 373 g/mol. The summed E-state index contributed by atoms with van der Waals surface area (Å²) in [5.74, 6) is -0.0815. The summed E-state index contributed by atoms with van der Waals surface area (Å²) in [5, 5.41) is 2.74. The normalized spacial score (nSPS) is 14.7. The van der Waals surface area contributed by atoms with E-state index in [1.807, 2.05) is 6.07 Å². The van der Waals surface area contributed by atoms with Crippen molar-refractivity contribution in [1.29, 1.82) is 0 Å². The van der Waals surface area contributed by atoms with Gasteiger partial charge in [0, 0.05) is 10.6 Å². The van der Waals surface area contributed by atoms with Crippen LogP contribution in [0.15, 0.2) is 30.3 Å². The molecule has 0 fully saturated rings. The number of carbonyl (C=O) groups is 2. The van der Waals surface area contributed by atoms with E-state index in [0.717, 1.165) is 12.8 Å².